The summed E-state index contributed by atoms with van der Waals surface area (Å²) in [5.74, 6) is 1.86. The smallest absolute Gasteiger partial charge is 0.335 e. The lowest BCUT2D eigenvalue weighted by molar-refractivity contribution is 0.0696. The molecule has 1 fully saturated rings. The Morgan fingerprint density at radius 1 is 0.950 bits per heavy atom. The van der Waals surface area contributed by atoms with Gasteiger partial charge in [0.2, 0.25) is 0 Å². The van der Waals surface area contributed by atoms with Crippen LogP contribution in [0.5, 0.6) is 11.5 Å². The third-order valence-electron chi connectivity index (χ3n) is 6.85. The molecule has 0 saturated carbocycles. The van der Waals surface area contributed by atoms with Gasteiger partial charge in [0.25, 0.3) is 0 Å². The number of anilines is 1. The summed E-state index contributed by atoms with van der Waals surface area (Å²) in [6.07, 6.45) is 1.76. The highest BCUT2D eigenvalue weighted by Gasteiger charge is 2.42. The molecule has 1 saturated heterocycles. The molecule has 2 aromatic heterocycles. The predicted octanol–water partition coefficient (Wildman–Crippen LogP) is 7.32. The Bertz CT molecular complexity index is 1670. The first-order valence-corrected chi connectivity index (χ1v) is 13.2. The normalized spacial score (nSPS) is 16.5. The highest BCUT2D eigenvalue weighted by atomic mass is 32.1. The minimum atomic E-state index is -0.964. The molecule has 198 valence electrons. The number of aryl methyl sites for hydroxylation is 1. The number of nitrogens with zero attached hydrogens (tertiary/aromatic N) is 2. The van der Waals surface area contributed by atoms with Gasteiger partial charge in [0.05, 0.1) is 17.3 Å². The number of aromatic nitrogens is 1. The number of nitrogens with one attached hydrogen (secondary N) is 1. The second-order valence-electron chi connectivity index (χ2n) is 9.44. The SMILES string of the molecule is Cc1cc(C(=O)O)ccc1-c1ccc([C@H]2[C@@H](c3ccccn3)NC(=S)N2c2ccc(Oc3ccccc3)cc2)o1. The molecule has 0 aliphatic carbocycles. The molecule has 6 rings (SSSR count). The number of benzene rings is 3. The molecule has 2 atom stereocenters. The predicted molar refractivity (Wildman–Crippen MR) is 157 cm³/mol. The Morgan fingerprint density at radius 3 is 2.40 bits per heavy atom. The van der Waals surface area contributed by atoms with Gasteiger partial charge in [-0.3, -0.25) is 4.98 Å². The number of thiocarbonyl (C=S) groups is 1. The third kappa shape index (κ3) is 4.92. The lowest BCUT2D eigenvalue weighted by atomic mass is 10.0. The van der Waals surface area contributed by atoms with Crippen molar-refractivity contribution in [3.05, 3.63) is 132 Å². The number of rotatable bonds is 7. The average molecular weight is 548 g/mol. The Labute approximate surface area is 236 Å². The van der Waals surface area contributed by atoms with Crippen LogP contribution in [0.2, 0.25) is 0 Å². The first-order chi connectivity index (χ1) is 19.5. The van der Waals surface area contributed by atoms with E-state index in [-0.39, 0.29) is 17.6 Å². The number of para-hydroxylation sites is 1. The van der Waals surface area contributed by atoms with Crippen molar-refractivity contribution in [2.45, 2.75) is 19.0 Å². The van der Waals surface area contributed by atoms with E-state index in [0.29, 0.717) is 22.4 Å². The van der Waals surface area contributed by atoms with Crippen molar-refractivity contribution in [2.24, 2.45) is 0 Å². The molecule has 8 heteroatoms. The van der Waals surface area contributed by atoms with Gasteiger partial charge in [-0.05, 0) is 97.5 Å². The van der Waals surface area contributed by atoms with E-state index in [2.05, 4.69) is 10.3 Å². The number of carboxylic acid groups (broad SMARTS) is 1. The lowest BCUT2D eigenvalue weighted by Crippen LogP contribution is -2.29. The van der Waals surface area contributed by atoms with Crippen molar-refractivity contribution in [3.8, 4) is 22.8 Å². The number of carboxylic acids is 1. The summed E-state index contributed by atoms with van der Waals surface area (Å²) in [5.41, 5.74) is 3.59. The molecule has 3 heterocycles. The van der Waals surface area contributed by atoms with Crippen molar-refractivity contribution >= 4 is 29.0 Å². The highest BCUT2D eigenvalue weighted by Crippen LogP contribution is 2.43. The maximum absolute atomic E-state index is 11.4. The van der Waals surface area contributed by atoms with Crippen LogP contribution in [0.15, 0.2) is 114 Å². The summed E-state index contributed by atoms with van der Waals surface area (Å²) in [4.78, 5) is 18.0. The quantitative estimate of drug-likeness (QED) is 0.205. The minimum Gasteiger partial charge on any atom is -0.478 e. The summed E-state index contributed by atoms with van der Waals surface area (Å²) in [6, 6.07) is 31.5. The fourth-order valence-corrected chi connectivity index (χ4v) is 5.30. The second-order valence-corrected chi connectivity index (χ2v) is 9.83. The Hall–Kier alpha value is -4.95. The largest absolute Gasteiger partial charge is 0.478 e. The molecule has 5 aromatic rings. The van der Waals surface area contributed by atoms with E-state index < -0.39 is 5.97 Å². The molecule has 0 bridgehead atoms. The summed E-state index contributed by atoms with van der Waals surface area (Å²) >= 11 is 5.83. The molecule has 1 aliphatic rings. The van der Waals surface area contributed by atoms with Gasteiger partial charge in [-0.25, -0.2) is 4.79 Å². The van der Waals surface area contributed by atoms with Crippen LogP contribution in [0.1, 0.15) is 39.5 Å². The number of carbonyl (C=O) groups is 1. The zero-order chi connectivity index (χ0) is 27.6. The summed E-state index contributed by atoms with van der Waals surface area (Å²) in [6.45, 7) is 1.87. The van der Waals surface area contributed by atoms with E-state index in [9.17, 15) is 9.90 Å². The van der Waals surface area contributed by atoms with Crippen LogP contribution in [0, 0.1) is 6.92 Å². The molecule has 0 amide bonds. The van der Waals surface area contributed by atoms with Gasteiger partial charge in [0.15, 0.2) is 5.11 Å². The van der Waals surface area contributed by atoms with Gasteiger partial charge >= 0.3 is 5.97 Å². The zero-order valence-electron chi connectivity index (χ0n) is 21.5. The lowest BCUT2D eigenvalue weighted by Gasteiger charge is -2.26. The highest BCUT2D eigenvalue weighted by molar-refractivity contribution is 7.80. The molecule has 0 unspecified atom stereocenters. The van der Waals surface area contributed by atoms with Crippen LogP contribution in [0.4, 0.5) is 5.69 Å². The number of pyridine rings is 1. The zero-order valence-corrected chi connectivity index (χ0v) is 22.3. The minimum absolute atomic E-state index is 0.236. The van der Waals surface area contributed by atoms with E-state index in [1.165, 1.54) is 0 Å². The number of hydrogen-bond donors (Lipinski definition) is 2. The van der Waals surface area contributed by atoms with E-state index >= 15 is 0 Å². The first-order valence-electron chi connectivity index (χ1n) is 12.8. The van der Waals surface area contributed by atoms with Crippen LogP contribution >= 0.6 is 12.2 Å². The van der Waals surface area contributed by atoms with Crippen LogP contribution in [0.25, 0.3) is 11.3 Å². The van der Waals surface area contributed by atoms with Crippen LogP contribution in [-0.4, -0.2) is 21.2 Å². The first kappa shape index (κ1) is 25.3. The maximum Gasteiger partial charge on any atom is 0.335 e. The second kappa shape index (κ2) is 10.7. The Kier molecular flexibility index (Phi) is 6.76. The molecule has 40 heavy (non-hydrogen) atoms. The number of ether oxygens (including phenoxy) is 1. The fourth-order valence-electron chi connectivity index (χ4n) is 4.95. The van der Waals surface area contributed by atoms with Crippen molar-refractivity contribution in [1.82, 2.24) is 10.3 Å². The average Bonchev–Trinajstić information content (AvgIpc) is 3.59. The van der Waals surface area contributed by atoms with E-state index in [1.807, 2.05) is 96.8 Å². The van der Waals surface area contributed by atoms with Gasteiger partial charge in [-0.1, -0.05) is 30.3 Å². The summed E-state index contributed by atoms with van der Waals surface area (Å²) in [7, 11) is 0. The Morgan fingerprint density at radius 2 is 1.70 bits per heavy atom. The molecule has 2 N–H and O–H groups in total. The molecular formula is C32H25N3O4S. The van der Waals surface area contributed by atoms with E-state index in [1.54, 1.807) is 24.4 Å². The van der Waals surface area contributed by atoms with Crippen molar-refractivity contribution < 1.29 is 19.1 Å². The monoisotopic (exact) mass is 547 g/mol. The van der Waals surface area contributed by atoms with Crippen LogP contribution in [0.3, 0.4) is 0 Å². The summed E-state index contributed by atoms with van der Waals surface area (Å²) in [5, 5.41) is 13.3. The number of furan rings is 1. The van der Waals surface area contributed by atoms with Crippen molar-refractivity contribution in [3.63, 3.8) is 0 Å². The van der Waals surface area contributed by atoms with Crippen molar-refractivity contribution in [2.75, 3.05) is 4.90 Å². The Balaban J connectivity index is 1.36. The van der Waals surface area contributed by atoms with Gasteiger partial charge in [-0.15, -0.1) is 0 Å². The molecule has 0 spiro atoms. The standard InChI is InChI=1S/C32H25N3O4S/c1-20-19-21(31(36)37)10-15-25(20)27-16-17-28(39-27)30-29(26-9-5-6-18-33-26)34-32(40)35(30)22-11-13-24(14-12-22)38-23-7-3-2-4-8-23/h2-19,29-30H,1H3,(H,34,40)(H,36,37)/t29-,30+/m1/s1. The van der Waals surface area contributed by atoms with Gasteiger partial charge in [-0.2, -0.15) is 0 Å². The molecule has 1 aliphatic heterocycles. The van der Waals surface area contributed by atoms with Crippen molar-refractivity contribution in [1.29, 1.82) is 0 Å². The third-order valence-corrected chi connectivity index (χ3v) is 7.16. The fraction of sp³-hybridized carbons (Fsp3) is 0.0938. The maximum atomic E-state index is 11.4. The van der Waals surface area contributed by atoms with Crippen LogP contribution < -0.4 is 15.0 Å². The van der Waals surface area contributed by atoms with Crippen LogP contribution in [-0.2, 0) is 0 Å². The van der Waals surface area contributed by atoms with Gasteiger partial charge < -0.3 is 24.5 Å². The number of hydrogen-bond acceptors (Lipinski definition) is 5. The van der Waals surface area contributed by atoms with Gasteiger partial charge in [0, 0.05) is 17.4 Å². The molecule has 0 radical (unpaired) electrons. The van der Waals surface area contributed by atoms with E-state index in [4.69, 9.17) is 21.4 Å². The molecular weight excluding hydrogens is 522 g/mol. The number of aromatic carboxylic acids is 1. The van der Waals surface area contributed by atoms with Gasteiger partial charge in [0.1, 0.15) is 29.1 Å². The summed E-state index contributed by atoms with van der Waals surface area (Å²) < 4.78 is 12.4. The molecule has 7 nitrogen and oxygen atoms in total. The molecule has 3 aromatic carbocycles. The topological polar surface area (TPSA) is 87.8 Å². The van der Waals surface area contributed by atoms with E-state index in [0.717, 1.165) is 28.3 Å².